The maximum Gasteiger partial charge on any atom is 0.224 e. The first-order valence-corrected chi connectivity index (χ1v) is 35.8. The molecule has 4 N–H and O–H groups in total. The SMILES string of the molecule is C.CCCCO.C[Si](C)(C)C#Cc1cnc(-c2ccc(N)c(P(C)(C)=O)c2)cn1.C[Si](C)(C)C#Cc1cnc(-c2ccc(Nc3nc(Cl)ncc3Br)c(P(C)(C)=O)c2)cn1.Clc1ncc(Br)c(Cl)n1. The first-order valence-electron chi connectivity index (χ1n) is 20.9. The third-order valence-electron chi connectivity index (χ3n) is 8.37. The predicted molar refractivity (Wildman–Crippen MR) is 304 cm³/mol. The van der Waals surface area contributed by atoms with Gasteiger partial charge in [0.15, 0.2) is 0 Å². The summed E-state index contributed by atoms with van der Waals surface area (Å²) in [7, 11) is -7.96. The Kier molecular flexibility index (Phi) is 24.6. The summed E-state index contributed by atoms with van der Waals surface area (Å²) in [5, 5.41) is 13.2. The summed E-state index contributed by atoms with van der Waals surface area (Å²) in [6, 6.07) is 11.1. The minimum Gasteiger partial charge on any atom is -0.398 e. The summed E-state index contributed by atoms with van der Waals surface area (Å²) in [4.78, 5) is 33.1. The van der Waals surface area contributed by atoms with Gasteiger partial charge in [0.2, 0.25) is 10.6 Å². The topological polar surface area (TPSA) is 196 Å². The van der Waals surface area contributed by atoms with Crippen LogP contribution in [-0.2, 0) is 9.13 Å². The fraction of sp³-hybridized carbons (Fsp3) is 0.319. The monoisotopic (exact) mass is 1190 g/mol. The maximum atomic E-state index is 13.0. The van der Waals surface area contributed by atoms with Crippen LogP contribution in [0.1, 0.15) is 38.6 Å². The largest absolute Gasteiger partial charge is 0.398 e. The van der Waals surface area contributed by atoms with Crippen LogP contribution in [0.15, 0.2) is 82.5 Å². The van der Waals surface area contributed by atoms with Crippen molar-refractivity contribution in [3.05, 3.63) is 110 Å². The Balaban J connectivity index is 0.000000374. The number of nitrogen functional groups attached to an aromatic ring is 1. The number of benzene rings is 2. The van der Waals surface area contributed by atoms with E-state index in [2.05, 4.69) is 146 Å². The second kappa shape index (κ2) is 27.7. The minimum atomic E-state index is -2.63. The van der Waals surface area contributed by atoms with Gasteiger partial charge >= 0.3 is 0 Å². The molecule has 4 heterocycles. The van der Waals surface area contributed by atoms with Gasteiger partial charge < -0.3 is 25.3 Å². The third kappa shape index (κ3) is 22.0. The highest BCUT2D eigenvalue weighted by Crippen LogP contribution is 2.41. The van der Waals surface area contributed by atoms with Gasteiger partial charge in [0, 0.05) is 46.4 Å². The molecule has 2 aromatic carbocycles. The quantitative estimate of drug-likeness (QED) is 0.0325. The van der Waals surface area contributed by atoms with Gasteiger partial charge in [0.05, 0.1) is 50.8 Å². The van der Waals surface area contributed by atoms with Gasteiger partial charge in [0.25, 0.3) is 0 Å². The lowest BCUT2D eigenvalue weighted by atomic mass is 10.1. The molecule has 69 heavy (non-hydrogen) atoms. The lowest BCUT2D eigenvalue weighted by Crippen LogP contribution is -2.16. The Hall–Kier alpha value is -3.84. The number of halogens is 5. The van der Waals surface area contributed by atoms with Crippen molar-refractivity contribution in [1.82, 2.24) is 39.9 Å². The van der Waals surface area contributed by atoms with E-state index in [1.807, 2.05) is 30.3 Å². The van der Waals surface area contributed by atoms with Crippen molar-refractivity contribution in [2.75, 3.05) is 44.3 Å². The van der Waals surface area contributed by atoms with E-state index in [0.717, 1.165) is 29.7 Å². The molecule has 0 aliphatic carbocycles. The van der Waals surface area contributed by atoms with E-state index in [4.69, 9.17) is 45.6 Å². The maximum absolute atomic E-state index is 13.0. The molecule has 0 aliphatic rings. The number of anilines is 3. The van der Waals surface area contributed by atoms with Crippen molar-refractivity contribution < 1.29 is 14.2 Å². The van der Waals surface area contributed by atoms with Crippen molar-refractivity contribution in [2.24, 2.45) is 0 Å². The fourth-order valence-corrected chi connectivity index (χ4v) is 9.28. The van der Waals surface area contributed by atoms with E-state index in [-0.39, 0.29) is 18.0 Å². The predicted octanol–water partition coefficient (Wildman–Crippen LogP) is 12.7. The molecular weight excluding hydrogens is 1140 g/mol. The van der Waals surface area contributed by atoms with Crippen molar-refractivity contribution in [3.63, 3.8) is 0 Å². The summed E-state index contributed by atoms with van der Waals surface area (Å²) >= 11 is 23.4. The minimum absolute atomic E-state index is 0. The Morgan fingerprint density at radius 2 is 1.13 bits per heavy atom. The molecule has 0 amide bonds. The molecule has 0 bridgehead atoms. The molecule has 368 valence electrons. The number of aliphatic hydroxyl groups is 1. The molecule has 13 nitrogen and oxygen atoms in total. The van der Waals surface area contributed by atoms with Gasteiger partial charge in [-0.1, -0.05) is 95.6 Å². The molecule has 0 aliphatic heterocycles. The van der Waals surface area contributed by atoms with Gasteiger partial charge in [-0.25, -0.2) is 24.9 Å². The van der Waals surface area contributed by atoms with Crippen LogP contribution < -0.4 is 21.7 Å². The second-order valence-corrected chi connectivity index (χ2v) is 36.2. The van der Waals surface area contributed by atoms with Crippen LogP contribution >= 0.6 is 80.9 Å². The third-order valence-corrected chi connectivity index (χ3v) is 15.2. The zero-order valence-corrected chi connectivity index (χ0v) is 49.0. The van der Waals surface area contributed by atoms with Gasteiger partial charge in [-0.2, -0.15) is 4.98 Å². The summed E-state index contributed by atoms with van der Waals surface area (Å²) < 4.78 is 26.7. The number of hydrogen-bond donors (Lipinski definition) is 3. The number of unbranched alkanes of at least 4 members (excludes halogenated alkanes) is 1. The van der Waals surface area contributed by atoms with Crippen LogP contribution in [0, 0.1) is 22.9 Å². The summed E-state index contributed by atoms with van der Waals surface area (Å²) in [5.74, 6) is 6.68. The van der Waals surface area contributed by atoms with E-state index in [0.29, 0.717) is 65.6 Å². The summed E-state index contributed by atoms with van der Waals surface area (Å²) in [6.07, 6.45) is 11.8. The van der Waals surface area contributed by atoms with Crippen LogP contribution in [-0.4, -0.2) is 94.4 Å². The van der Waals surface area contributed by atoms with E-state index in [1.165, 1.54) is 6.20 Å². The average Bonchev–Trinajstić information content (AvgIpc) is 3.25. The first kappa shape index (κ1) is 61.3. The number of rotatable bonds is 8. The normalized spacial score (nSPS) is 11.0. The molecule has 0 fully saturated rings. The molecular formula is C47H59Br2Cl3N10O3P2Si2. The van der Waals surface area contributed by atoms with Gasteiger partial charge in [-0.15, -0.1) is 11.1 Å². The zero-order valence-electron chi connectivity index (χ0n) is 39.8. The molecule has 22 heteroatoms. The Bertz CT molecular complexity index is 2890. The van der Waals surface area contributed by atoms with Gasteiger partial charge in [-0.05, 0) is 112 Å². The smallest absolute Gasteiger partial charge is 0.224 e. The average molecular weight is 1200 g/mol. The number of nitrogens with two attached hydrogens (primary N) is 1. The van der Waals surface area contributed by atoms with E-state index in [1.54, 1.807) is 63.7 Å². The highest BCUT2D eigenvalue weighted by atomic mass is 79.9. The highest BCUT2D eigenvalue weighted by molar-refractivity contribution is 9.11. The highest BCUT2D eigenvalue weighted by Gasteiger charge is 2.20. The Labute approximate surface area is 441 Å². The molecule has 0 unspecified atom stereocenters. The molecule has 6 aromatic rings. The molecule has 6 rings (SSSR count). The van der Waals surface area contributed by atoms with Crippen LogP contribution in [0.5, 0.6) is 0 Å². The standard InChI is InChI=1S/C21H22BrClN5OPSi.C17H22N3OPSi.C4HBrCl2N2.C4H10O.CH4/c1-30(2,29)19-10-14(18-13-24-15(11-25-18)8-9-31(3,4)5)6-7-17(19)27-20-16(22)12-26-21(23)28-20;1-22(2,21)17-10-13(6-7-15(17)18)16-12-19-14(11-20-16)8-9-23(3,4)5;5-2-1-8-4(7)9-3(2)6;1-2-3-4-5;/h6-7,10-13H,1-5H3,(H,26,27,28);6-7,10-12H,18H2,1-5H3;1H;5H,2-4H2,1H3;1H4. The number of nitrogens with zero attached hydrogens (tertiary/aromatic N) is 8. The Morgan fingerprint density at radius 1 is 0.667 bits per heavy atom. The van der Waals surface area contributed by atoms with Crippen molar-refractivity contribution in [2.45, 2.75) is 66.5 Å². The van der Waals surface area contributed by atoms with Gasteiger partial charge in [-0.3, -0.25) is 9.97 Å². The van der Waals surface area contributed by atoms with Crippen LogP contribution in [0.3, 0.4) is 0 Å². The van der Waals surface area contributed by atoms with Crippen LogP contribution in [0.2, 0.25) is 55.0 Å². The fourth-order valence-electron chi connectivity index (χ4n) is 5.04. The number of hydrogen-bond acceptors (Lipinski definition) is 13. The molecule has 4 aromatic heterocycles. The molecule has 0 radical (unpaired) electrons. The summed E-state index contributed by atoms with van der Waals surface area (Å²) in [6.45, 7) is 22.4. The van der Waals surface area contributed by atoms with Crippen molar-refractivity contribution in [3.8, 4) is 45.4 Å². The van der Waals surface area contributed by atoms with E-state index >= 15 is 0 Å². The first-order chi connectivity index (χ1) is 31.6. The zero-order chi connectivity index (χ0) is 51.0. The second-order valence-electron chi connectivity index (χ2n) is 17.6. The molecule has 0 saturated carbocycles. The van der Waals surface area contributed by atoms with Crippen LogP contribution in [0.25, 0.3) is 22.5 Å². The number of aliphatic hydroxyl groups excluding tert-OH is 1. The van der Waals surface area contributed by atoms with Crippen molar-refractivity contribution >= 4 is 125 Å². The number of aromatic nitrogens is 8. The molecule has 0 spiro atoms. The van der Waals surface area contributed by atoms with Gasteiger partial charge in [0.1, 0.15) is 52.8 Å². The lowest BCUT2D eigenvalue weighted by Gasteiger charge is -2.17. The molecule has 0 saturated heterocycles. The lowest BCUT2D eigenvalue weighted by molar-refractivity contribution is 0.287. The van der Waals surface area contributed by atoms with E-state index < -0.39 is 30.4 Å². The van der Waals surface area contributed by atoms with Crippen LogP contribution in [0.4, 0.5) is 17.2 Å². The van der Waals surface area contributed by atoms with Crippen molar-refractivity contribution in [1.29, 1.82) is 0 Å². The van der Waals surface area contributed by atoms with E-state index in [9.17, 15) is 9.13 Å². The summed E-state index contributed by atoms with van der Waals surface area (Å²) in [5.41, 5.74) is 18.1. The molecule has 0 atom stereocenters. The number of nitrogens with one attached hydrogen (secondary N) is 1. The Morgan fingerprint density at radius 3 is 1.52 bits per heavy atom.